The summed E-state index contributed by atoms with van der Waals surface area (Å²) in [5, 5.41) is 9.52. The first kappa shape index (κ1) is 11.0. The molecule has 0 heterocycles. The third-order valence-electron chi connectivity index (χ3n) is 2.17. The average molecular weight is 258 g/mol. The number of benzene rings is 1. The highest BCUT2D eigenvalue weighted by Gasteiger charge is 2.13. The van der Waals surface area contributed by atoms with E-state index in [9.17, 15) is 4.79 Å². The van der Waals surface area contributed by atoms with Crippen molar-refractivity contribution in [3.8, 4) is 0 Å². The molecule has 3 nitrogen and oxygen atoms in total. The van der Waals surface area contributed by atoms with Gasteiger partial charge in [0.05, 0.1) is 5.69 Å². The predicted octanol–water partition coefficient (Wildman–Crippen LogP) is 3.00. The molecule has 14 heavy (non-hydrogen) atoms. The quantitative estimate of drug-likeness (QED) is 0.828. The van der Waals surface area contributed by atoms with Crippen molar-refractivity contribution >= 4 is 27.7 Å². The van der Waals surface area contributed by atoms with E-state index in [1.54, 1.807) is 13.1 Å². The molecule has 0 saturated carbocycles. The molecule has 0 unspecified atom stereocenters. The minimum atomic E-state index is -0.946. The highest BCUT2D eigenvalue weighted by molar-refractivity contribution is 9.08. The first-order valence-corrected chi connectivity index (χ1v) is 5.31. The van der Waals surface area contributed by atoms with Crippen molar-refractivity contribution in [1.82, 2.24) is 0 Å². The van der Waals surface area contributed by atoms with Crippen molar-refractivity contribution in [3.63, 3.8) is 0 Å². The van der Waals surface area contributed by atoms with Gasteiger partial charge >= 0.3 is 6.09 Å². The van der Waals surface area contributed by atoms with Gasteiger partial charge in [-0.05, 0) is 24.1 Å². The van der Waals surface area contributed by atoms with Crippen molar-refractivity contribution in [2.45, 2.75) is 12.3 Å². The summed E-state index contributed by atoms with van der Waals surface area (Å²) in [6, 6.07) is 5.63. The molecular weight excluding hydrogens is 246 g/mol. The minimum Gasteiger partial charge on any atom is -0.465 e. The van der Waals surface area contributed by atoms with Gasteiger partial charge < -0.3 is 5.11 Å². The Morgan fingerprint density at radius 1 is 1.57 bits per heavy atom. The molecular formula is C10H12BrNO2. The van der Waals surface area contributed by atoms with Crippen molar-refractivity contribution < 1.29 is 9.90 Å². The number of rotatable bonds is 2. The van der Waals surface area contributed by atoms with E-state index < -0.39 is 6.09 Å². The molecule has 1 aromatic rings. The first-order chi connectivity index (χ1) is 6.57. The third-order valence-corrected chi connectivity index (χ3v) is 2.73. The molecule has 76 valence electrons. The number of carboxylic acid groups (broad SMARTS) is 1. The Morgan fingerprint density at radius 3 is 2.71 bits per heavy atom. The molecule has 1 N–H and O–H groups in total. The monoisotopic (exact) mass is 257 g/mol. The van der Waals surface area contributed by atoms with Crippen LogP contribution in [0.3, 0.4) is 0 Å². The molecule has 0 radical (unpaired) electrons. The fraction of sp³-hybridized carbons (Fsp3) is 0.300. The van der Waals surface area contributed by atoms with Gasteiger partial charge in [0.15, 0.2) is 0 Å². The van der Waals surface area contributed by atoms with E-state index in [1.165, 1.54) is 4.90 Å². The number of hydrogen-bond donors (Lipinski definition) is 1. The van der Waals surface area contributed by atoms with Crippen LogP contribution in [0.1, 0.15) is 11.1 Å². The second-order valence-electron chi connectivity index (χ2n) is 3.05. The van der Waals surface area contributed by atoms with Crippen LogP contribution in [0.4, 0.5) is 10.5 Å². The lowest BCUT2D eigenvalue weighted by atomic mass is 10.1. The fourth-order valence-corrected chi connectivity index (χ4v) is 2.01. The summed E-state index contributed by atoms with van der Waals surface area (Å²) in [5.74, 6) is 0. The summed E-state index contributed by atoms with van der Waals surface area (Å²) < 4.78 is 0. The van der Waals surface area contributed by atoms with E-state index in [0.717, 1.165) is 16.8 Å². The molecule has 0 aliphatic rings. The molecule has 1 aromatic carbocycles. The lowest BCUT2D eigenvalue weighted by Gasteiger charge is -2.17. The zero-order valence-corrected chi connectivity index (χ0v) is 9.71. The maximum Gasteiger partial charge on any atom is 0.411 e. The van der Waals surface area contributed by atoms with Crippen LogP contribution in [0.15, 0.2) is 18.2 Å². The Labute approximate surface area is 91.5 Å². The predicted molar refractivity (Wildman–Crippen MR) is 60.2 cm³/mol. The number of carbonyl (C=O) groups is 1. The molecule has 0 spiro atoms. The normalized spacial score (nSPS) is 9.93. The minimum absolute atomic E-state index is 0.659. The number of alkyl halides is 1. The summed E-state index contributed by atoms with van der Waals surface area (Å²) in [7, 11) is 1.54. The zero-order chi connectivity index (χ0) is 10.7. The maximum absolute atomic E-state index is 10.8. The van der Waals surface area contributed by atoms with Crippen LogP contribution in [0, 0.1) is 6.92 Å². The Bertz CT molecular complexity index is 352. The lowest BCUT2D eigenvalue weighted by molar-refractivity contribution is 0.203. The van der Waals surface area contributed by atoms with Gasteiger partial charge in [0.25, 0.3) is 0 Å². The second-order valence-corrected chi connectivity index (χ2v) is 3.61. The van der Waals surface area contributed by atoms with Gasteiger partial charge in [-0.2, -0.15) is 0 Å². The Hall–Kier alpha value is -1.03. The number of nitrogens with zero attached hydrogens (tertiary/aromatic N) is 1. The highest BCUT2D eigenvalue weighted by Crippen LogP contribution is 2.25. The van der Waals surface area contributed by atoms with Crippen LogP contribution < -0.4 is 4.90 Å². The molecule has 0 aromatic heterocycles. The van der Waals surface area contributed by atoms with Crippen molar-refractivity contribution in [2.75, 3.05) is 11.9 Å². The van der Waals surface area contributed by atoms with Crippen LogP contribution in [-0.4, -0.2) is 18.2 Å². The van der Waals surface area contributed by atoms with E-state index in [-0.39, 0.29) is 0 Å². The van der Waals surface area contributed by atoms with Gasteiger partial charge in [0.1, 0.15) is 0 Å². The smallest absolute Gasteiger partial charge is 0.411 e. The molecule has 1 amide bonds. The van der Waals surface area contributed by atoms with Crippen molar-refractivity contribution in [2.24, 2.45) is 0 Å². The molecule has 0 bridgehead atoms. The highest BCUT2D eigenvalue weighted by atomic mass is 79.9. The topological polar surface area (TPSA) is 40.5 Å². The molecule has 1 rings (SSSR count). The van der Waals surface area contributed by atoms with Crippen LogP contribution >= 0.6 is 15.9 Å². The second kappa shape index (κ2) is 4.46. The fourth-order valence-electron chi connectivity index (χ4n) is 1.28. The van der Waals surface area contributed by atoms with Gasteiger partial charge in [0, 0.05) is 12.4 Å². The summed E-state index contributed by atoms with van der Waals surface area (Å²) in [4.78, 5) is 12.0. The van der Waals surface area contributed by atoms with E-state index in [4.69, 9.17) is 5.11 Å². The standard InChI is InChI=1S/C10H12BrNO2/c1-7-4-3-5-9(8(7)6-11)12(2)10(13)14/h3-5H,6H2,1-2H3,(H,13,14). The number of aryl methyl sites for hydroxylation is 1. The summed E-state index contributed by atoms with van der Waals surface area (Å²) in [5.41, 5.74) is 2.83. The average Bonchev–Trinajstić information content (AvgIpc) is 2.16. The molecule has 0 saturated heterocycles. The van der Waals surface area contributed by atoms with Gasteiger partial charge in [0.2, 0.25) is 0 Å². The molecule has 0 atom stereocenters. The van der Waals surface area contributed by atoms with Gasteiger partial charge in [-0.3, -0.25) is 4.90 Å². The van der Waals surface area contributed by atoms with Crippen LogP contribution in [0.2, 0.25) is 0 Å². The van der Waals surface area contributed by atoms with E-state index >= 15 is 0 Å². The third kappa shape index (κ3) is 2.07. The molecule has 0 aliphatic carbocycles. The van der Waals surface area contributed by atoms with Gasteiger partial charge in [-0.15, -0.1) is 0 Å². The molecule has 0 fully saturated rings. The maximum atomic E-state index is 10.8. The van der Waals surface area contributed by atoms with E-state index in [2.05, 4.69) is 15.9 Å². The summed E-state index contributed by atoms with van der Waals surface area (Å²) in [6.07, 6.45) is -0.946. The van der Waals surface area contributed by atoms with E-state index in [1.807, 2.05) is 19.1 Å². The number of amides is 1. The Morgan fingerprint density at radius 2 is 2.21 bits per heavy atom. The Balaban J connectivity index is 3.20. The first-order valence-electron chi connectivity index (χ1n) is 4.19. The van der Waals surface area contributed by atoms with Crippen molar-refractivity contribution in [1.29, 1.82) is 0 Å². The summed E-state index contributed by atoms with van der Waals surface area (Å²) in [6.45, 7) is 1.97. The largest absolute Gasteiger partial charge is 0.465 e. The summed E-state index contributed by atoms with van der Waals surface area (Å²) >= 11 is 3.36. The number of anilines is 1. The number of hydrogen-bond acceptors (Lipinski definition) is 1. The SMILES string of the molecule is Cc1cccc(N(C)C(=O)O)c1CBr. The Kier molecular flexibility index (Phi) is 3.52. The number of halogens is 1. The van der Waals surface area contributed by atoms with Crippen LogP contribution in [0.5, 0.6) is 0 Å². The van der Waals surface area contributed by atoms with Crippen molar-refractivity contribution in [3.05, 3.63) is 29.3 Å². The van der Waals surface area contributed by atoms with Gasteiger partial charge in [-0.1, -0.05) is 28.1 Å². The lowest BCUT2D eigenvalue weighted by Crippen LogP contribution is -2.25. The van der Waals surface area contributed by atoms with E-state index in [0.29, 0.717) is 5.33 Å². The van der Waals surface area contributed by atoms with Crippen LogP contribution in [0.25, 0.3) is 0 Å². The molecule has 4 heteroatoms. The van der Waals surface area contributed by atoms with Gasteiger partial charge in [-0.25, -0.2) is 4.79 Å². The van der Waals surface area contributed by atoms with Crippen LogP contribution in [-0.2, 0) is 5.33 Å². The molecule has 0 aliphatic heterocycles. The zero-order valence-electron chi connectivity index (χ0n) is 8.12.